The van der Waals surface area contributed by atoms with E-state index in [1.165, 1.54) is 0 Å². The van der Waals surface area contributed by atoms with Crippen molar-refractivity contribution in [3.05, 3.63) is 60.2 Å². The van der Waals surface area contributed by atoms with E-state index >= 15 is 0 Å². The van der Waals surface area contributed by atoms with Crippen LogP contribution < -0.4 is 0 Å². The van der Waals surface area contributed by atoms with Gasteiger partial charge in [-0.15, -0.1) is 0 Å². The van der Waals surface area contributed by atoms with Crippen LogP contribution in [0.1, 0.15) is 43.8 Å². The number of rotatable bonds is 3. The third-order valence-electron chi connectivity index (χ3n) is 4.56. The Morgan fingerprint density at radius 2 is 1.33 bits per heavy atom. The zero-order valence-electron chi connectivity index (χ0n) is 12.2. The number of hydrogen-bond acceptors (Lipinski definition) is 2. The van der Waals surface area contributed by atoms with Crippen molar-refractivity contribution < 1.29 is 10.2 Å². The van der Waals surface area contributed by atoms with Crippen molar-refractivity contribution in [3.63, 3.8) is 0 Å². The number of hydrogen-bond donors (Lipinski definition) is 2. The quantitative estimate of drug-likeness (QED) is 0.890. The molecule has 1 aliphatic carbocycles. The number of aliphatic hydroxyl groups is 2. The molecule has 21 heavy (non-hydrogen) atoms. The molecule has 2 N–H and O–H groups in total. The van der Waals surface area contributed by atoms with Gasteiger partial charge < -0.3 is 10.2 Å². The first-order chi connectivity index (χ1) is 10.2. The van der Waals surface area contributed by atoms with Crippen LogP contribution in [0, 0.1) is 0 Å². The van der Waals surface area contributed by atoms with Crippen LogP contribution in [-0.2, 0) is 0 Å². The molecule has 1 aliphatic rings. The molecule has 2 nitrogen and oxygen atoms in total. The molecule has 1 unspecified atom stereocenters. The van der Waals surface area contributed by atoms with Crippen molar-refractivity contribution >= 4 is 0 Å². The molecule has 0 amide bonds. The second kappa shape index (κ2) is 6.00. The maximum atomic E-state index is 10.6. The second-order valence-electron chi connectivity index (χ2n) is 6.05. The Kier molecular flexibility index (Phi) is 4.09. The van der Waals surface area contributed by atoms with Crippen LogP contribution in [0.25, 0.3) is 11.1 Å². The van der Waals surface area contributed by atoms with E-state index in [2.05, 4.69) is 12.1 Å². The summed E-state index contributed by atoms with van der Waals surface area (Å²) in [5.41, 5.74) is 2.14. The lowest BCUT2D eigenvalue weighted by atomic mass is 9.78. The van der Waals surface area contributed by atoms with Gasteiger partial charge in [-0.1, -0.05) is 73.9 Å². The third-order valence-corrected chi connectivity index (χ3v) is 4.56. The van der Waals surface area contributed by atoms with Crippen LogP contribution in [0.15, 0.2) is 54.6 Å². The van der Waals surface area contributed by atoms with Gasteiger partial charge >= 0.3 is 0 Å². The van der Waals surface area contributed by atoms with Crippen molar-refractivity contribution in [2.24, 2.45) is 0 Å². The smallest absolute Gasteiger partial charge is 0.108 e. The SMILES string of the molecule is OC(c1ccc(-c2ccccc2)cc1)C1(O)CCCCC1. The molecule has 110 valence electrons. The Labute approximate surface area is 126 Å². The normalized spacial score (nSPS) is 19.1. The summed E-state index contributed by atoms with van der Waals surface area (Å²) >= 11 is 0. The minimum absolute atomic E-state index is 0.689. The van der Waals surface area contributed by atoms with Crippen LogP contribution in [0.2, 0.25) is 0 Å². The molecule has 0 saturated heterocycles. The van der Waals surface area contributed by atoms with Gasteiger partial charge in [-0.3, -0.25) is 0 Å². The fourth-order valence-electron chi connectivity index (χ4n) is 3.24. The monoisotopic (exact) mass is 282 g/mol. The molecule has 1 fully saturated rings. The van der Waals surface area contributed by atoms with Gasteiger partial charge in [0.1, 0.15) is 6.10 Å². The first-order valence-electron chi connectivity index (χ1n) is 7.75. The summed E-state index contributed by atoms with van der Waals surface area (Å²) in [6.07, 6.45) is 3.74. The Balaban J connectivity index is 1.80. The summed E-state index contributed by atoms with van der Waals surface area (Å²) in [6, 6.07) is 18.1. The van der Waals surface area contributed by atoms with E-state index in [0.717, 1.165) is 36.0 Å². The molecule has 1 atom stereocenters. The summed E-state index contributed by atoms with van der Waals surface area (Å²) in [7, 11) is 0. The summed E-state index contributed by atoms with van der Waals surface area (Å²) in [4.78, 5) is 0. The van der Waals surface area contributed by atoms with E-state index < -0.39 is 11.7 Å². The van der Waals surface area contributed by atoms with Crippen LogP contribution in [-0.4, -0.2) is 15.8 Å². The van der Waals surface area contributed by atoms with Gasteiger partial charge in [0.15, 0.2) is 0 Å². The van der Waals surface area contributed by atoms with Gasteiger partial charge in [0.2, 0.25) is 0 Å². The maximum absolute atomic E-state index is 10.6. The molecule has 0 spiro atoms. The predicted molar refractivity (Wildman–Crippen MR) is 84.9 cm³/mol. The van der Waals surface area contributed by atoms with Gasteiger partial charge in [-0.25, -0.2) is 0 Å². The van der Waals surface area contributed by atoms with Crippen molar-refractivity contribution in [2.45, 2.75) is 43.8 Å². The highest BCUT2D eigenvalue weighted by Crippen LogP contribution is 2.38. The number of benzene rings is 2. The molecule has 0 aromatic heterocycles. The van der Waals surface area contributed by atoms with Crippen molar-refractivity contribution in [1.82, 2.24) is 0 Å². The van der Waals surface area contributed by atoms with Crippen LogP contribution in [0.5, 0.6) is 0 Å². The summed E-state index contributed by atoms with van der Waals surface area (Å²) in [5.74, 6) is 0. The van der Waals surface area contributed by atoms with E-state index in [1.807, 2.05) is 42.5 Å². The van der Waals surface area contributed by atoms with Gasteiger partial charge in [0.25, 0.3) is 0 Å². The zero-order chi connectivity index (χ0) is 14.7. The molecular formula is C19H22O2. The van der Waals surface area contributed by atoms with Crippen LogP contribution in [0.4, 0.5) is 0 Å². The molecule has 0 aliphatic heterocycles. The topological polar surface area (TPSA) is 40.5 Å². The first-order valence-corrected chi connectivity index (χ1v) is 7.75. The Morgan fingerprint density at radius 1 is 0.762 bits per heavy atom. The van der Waals surface area contributed by atoms with Crippen molar-refractivity contribution in [3.8, 4) is 11.1 Å². The highest BCUT2D eigenvalue weighted by molar-refractivity contribution is 5.63. The van der Waals surface area contributed by atoms with E-state index in [9.17, 15) is 10.2 Å². The van der Waals surface area contributed by atoms with Gasteiger partial charge in [0.05, 0.1) is 5.60 Å². The minimum atomic E-state index is -0.952. The lowest BCUT2D eigenvalue weighted by Crippen LogP contribution is -2.38. The third kappa shape index (κ3) is 3.02. The molecule has 0 bridgehead atoms. The van der Waals surface area contributed by atoms with Gasteiger partial charge in [0, 0.05) is 0 Å². The fraction of sp³-hybridized carbons (Fsp3) is 0.368. The number of aliphatic hydroxyl groups excluding tert-OH is 1. The predicted octanol–water partition coefficient (Wildman–Crippen LogP) is 4.08. The molecular weight excluding hydrogens is 260 g/mol. The highest BCUT2D eigenvalue weighted by Gasteiger charge is 2.37. The Morgan fingerprint density at radius 3 is 1.95 bits per heavy atom. The standard InChI is InChI=1S/C19H22O2/c20-18(19(21)13-5-2-6-14-19)17-11-9-16(10-12-17)15-7-3-1-4-8-15/h1,3-4,7-12,18,20-21H,2,5-6,13-14H2. The average Bonchev–Trinajstić information content (AvgIpc) is 2.56. The molecule has 2 aromatic rings. The van der Waals surface area contributed by atoms with E-state index in [-0.39, 0.29) is 0 Å². The molecule has 0 heterocycles. The molecule has 2 aromatic carbocycles. The molecule has 2 heteroatoms. The van der Waals surface area contributed by atoms with Crippen molar-refractivity contribution in [1.29, 1.82) is 0 Å². The molecule has 0 radical (unpaired) electrons. The summed E-state index contributed by atoms with van der Waals surface area (Å²) in [6.45, 7) is 0. The minimum Gasteiger partial charge on any atom is -0.387 e. The first kappa shape index (κ1) is 14.3. The molecule has 3 rings (SSSR count). The van der Waals surface area contributed by atoms with Crippen molar-refractivity contribution in [2.75, 3.05) is 0 Å². The van der Waals surface area contributed by atoms with Gasteiger partial charge in [-0.05, 0) is 29.5 Å². The largest absolute Gasteiger partial charge is 0.387 e. The van der Waals surface area contributed by atoms with Gasteiger partial charge in [-0.2, -0.15) is 0 Å². The average molecular weight is 282 g/mol. The second-order valence-corrected chi connectivity index (χ2v) is 6.05. The van der Waals surface area contributed by atoms with E-state index in [4.69, 9.17) is 0 Å². The summed E-state index contributed by atoms with van der Waals surface area (Å²) < 4.78 is 0. The van der Waals surface area contributed by atoms with E-state index in [0.29, 0.717) is 12.8 Å². The summed E-state index contributed by atoms with van der Waals surface area (Å²) in [5, 5.41) is 21.1. The lowest BCUT2D eigenvalue weighted by molar-refractivity contribution is -0.0991. The Hall–Kier alpha value is -1.64. The van der Waals surface area contributed by atoms with Crippen LogP contribution >= 0.6 is 0 Å². The highest BCUT2D eigenvalue weighted by atomic mass is 16.3. The van der Waals surface area contributed by atoms with E-state index in [1.54, 1.807) is 0 Å². The lowest BCUT2D eigenvalue weighted by Gasteiger charge is -2.36. The zero-order valence-corrected chi connectivity index (χ0v) is 12.2. The molecule has 1 saturated carbocycles. The Bertz CT molecular complexity index is 568. The maximum Gasteiger partial charge on any atom is 0.108 e. The van der Waals surface area contributed by atoms with Crippen LogP contribution in [0.3, 0.4) is 0 Å². The fourth-order valence-corrected chi connectivity index (χ4v) is 3.24.